The number of amides is 1. The van der Waals surface area contributed by atoms with Crippen molar-refractivity contribution in [3.63, 3.8) is 0 Å². The van der Waals surface area contributed by atoms with Gasteiger partial charge < -0.3 is 5.32 Å². The van der Waals surface area contributed by atoms with Crippen LogP contribution in [0.4, 0.5) is 0 Å². The summed E-state index contributed by atoms with van der Waals surface area (Å²) in [6.07, 6.45) is 2.01. The van der Waals surface area contributed by atoms with Crippen molar-refractivity contribution < 1.29 is 9.59 Å². The van der Waals surface area contributed by atoms with E-state index >= 15 is 0 Å². The number of hydrogen-bond donors (Lipinski definition) is 1. The Kier molecular flexibility index (Phi) is 6.10. The van der Waals surface area contributed by atoms with Gasteiger partial charge in [-0.2, -0.15) is 0 Å². The van der Waals surface area contributed by atoms with Gasteiger partial charge in [0.15, 0.2) is 5.78 Å². The molecule has 0 aliphatic carbocycles. The number of rotatable bonds is 7. The third kappa shape index (κ3) is 5.37. The summed E-state index contributed by atoms with van der Waals surface area (Å²) in [4.78, 5) is 23.7. The quantitative estimate of drug-likeness (QED) is 0.795. The second-order valence-corrected chi connectivity index (χ2v) is 5.80. The Balaban J connectivity index is 1.95. The molecule has 1 amide bonds. The van der Waals surface area contributed by atoms with Gasteiger partial charge >= 0.3 is 0 Å². The molecule has 0 aromatic heterocycles. The Morgan fingerprint density at radius 3 is 2.35 bits per heavy atom. The Hall–Kier alpha value is -2.42. The van der Waals surface area contributed by atoms with Gasteiger partial charge in [-0.15, -0.1) is 0 Å². The normalized spacial score (nSPS) is 11.7. The smallest absolute Gasteiger partial charge is 0.224 e. The SMILES string of the molecule is CCC(Cc1ccccc1)NC(=O)Cc1cccc(C(C)=O)c1. The molecule has 0 spiro atoms. The lowest BCUT2D eigenvalue weighted by Gasteiger charge is -2.17. The van der Waals surface area contributed by atoms with Crippen molar-refractivity contribution in [1.29, 1.82) is 0 Å². The van der Waals surface area contributed by atoms with Crippen LogP contribution in [0.1, 0.15) is 41.8 Å². The molecule has 1 unspecified atom stereocenters. The summed E-state index contributed by atoms with van der Waals surface area (Å²) < 4.78 is 0. The Labute approximate surface area is 137 Å². The highest BCUT2D eigenvalue weighted by atomic mass is 16.1. The Bertz CT molecular complexity index is 664. The summed E-state index contributed by atoms with van der Waals surface area (Å²) in [5, 5.41) is 3.09. The zero-order chi connectivity index (χ0) is 16.7. The average Bonchev–Trinajstić information content (AvgIpc) is 2.55. The monoisotopic (exact) mass is 309 g/mol. The van der Waals surface area contributed by atoms with Gasteiger partial charge in [0.1, 0.15) is 0 Å². The largest absolute Gasteiger partial charge is 0.353 e. The third-order valence-electron chi connectivity index (χ3n) is 3.88. The van der Waals surface area contributed by atoms with Crippen molar-refractivity contribution in [2.45, 2.75) is 39.2 Å². The van der Waals surface area contributed by atoms with Gasteiger partial charge in [-0.3, -0.25) is 9.59 Å². The fraction of sp³-hybridized carbons (Fsp3) is 0.300. The number of Topliss-reactive ketones (excluding diaryl/α,β-unsaturated/α-hetero) is 1. The first-order valence-electron chi connectivity index (χ1n) is 8.01. The van der Waals surface area contributed by atoms with Crippen LogP contribution in [-0.4, -0.2) is 17.7 Å². The van der Waals surface area contributed by atoms with E-state index in [1.807, 2.05) is 30.3 Å². The number of hydrogen-bond acceptors (Lipinski definition) is 2. The van der Waals surface area contributed by atoms with Crippen molar-refractivity contribution in [3.05, 3.63) is 71.3 Å². The number of carbonyl (C=O) groups excluding carboxylic acids is 2. The molecule has 0 saturated heterocycles. The van der Waals surface area contributed by atoms with Crippen LogP contribution in [0.2, 0.25) is 0 Å². The molecule has 120 valence electrons. The van der Waals surface area contributed by atoms with Crippen LogP contribution in [-0.2, 0) is 17.6 Å². The van der Waals surface area contributed by atoms with E-state index in [0.717, 1.165) is 18.4 Å². The van der Waals surface area contributed by atoms with Crippen molar-refractivity contribution in [3.8, 4) is 0 Å². The predicted molar refractivity (Wildman–Crippen MR) is 92.5 cm³/mol. The van der Waals surface area contributed by atoms with Crippen LogP contribution in [0.15, 0.2) is 54.6 Å². The summed E-state index contributed by atoms with van der Waals surface area (Å²) in [7, 11) is 0. The molecule has 2 rings (SSSR count). The van der Waals surface area contributed by atoms with Crippen molar-refractivity contribution in [1.82, 2.24) is 5.32 Å². The zero-order valence-corrected chi connectivity index (χ0v) is 13.7. The van der Waals surface area contributed by atoms with E-state index in [1.54, 1.807) is 12.1 Å². The maximum atomic E-state index is 12.3. The summed E-state index contributed by atoms with van der Waals surface area (Å²) in [6, 6.07) is 17.6. The lowest BCUT2D eigenvalue weighted by molar-refractivity contribution is -0.121. The molecule has 23 heavy (non-hydrogen) atoms. The maximum absolute atomic E-state index is 12.3. The second kappa shape index (κ2) is 8.28. The number of nitrogens with one attached hydrogen (secondary N) is 1. The lowest BCUT2D eigenvalue weighted by atomic mass is 10.0. The summed E-state index contributed by atoms with van der Waals surface area (Å²) in [5.41, 5.74) is 2.73. The second-order valence-electron chi connectivity index (χ2n) is 5.80. The molecule has 0 fully saturated rings. The van der Waals surface area contributed by atoms with Crippen LogP contribution >= 0.6 is 0 Å². The van der Waals surface area contributed by atoms with Crippen molar-refractivity contribution >= 4 is 11.7 Å². The van der Waals surface area contributed by atoms with Gasteiger partial charge in [-0.05, 0) is 37.0 Å². The molecule has 0 radical (unpaired) electrons. The fourth-order valence-corrected chi connectivity index (χ4v) is 2.56. The van der Waals surface area contributed by atoms with Gasteiger partial charge in [0.05, 0.1) is 6.42 Å². The predicted octanol–water partition coefficient (Wildman–Crippen LogP) is 3.57. The molecule has 0 aliphatic rings. The van der Waals surface area contributed by atoms with Gasteiger partial charge in [-0.25, -0.2) is 0 Å². The van der Waals surface area contributed by atoms with Gasteiger partial charge in [0, 0.05) is 11.6 Å². The molecule has 1 N–H and O–H groups in total. The van der Waals surface area contributed by atoms with E-state index < -0.39 is 0 Å². The molecule has 0 heterocycles. The third-order valence-corrected chi connectivity index (χ3v) is 3.88. The van der Waals surface area contributed by atoms with E-state index in [9.17, 15) is 9.59 Å². The molecule has 3 nitrogen and oxygen atoms in total. The molecule has 2 aromatic rings. The zero-order valence-electron chi connectivity index (χ0n) is 13.7. The number of benzene rings is 2. The van der Waals surface area contributed by atoms with Crippen LogP contribution in [0.25, 0.3) is 0 Å². The number of carbonyl (C=O) groups is 2. The molecular formula is C20H23NO2. The van der Waals surface area contributed by atoms with Crippen LogP contribution in [0.5, 0.6) is 0 Å². The highest BCUT2D eigenvalue weighted by molar-refractivity contribution is 5.94. The van der Waals surface area contributed by atoms with E-state index in [4.69, 9.17) is 0 Å². The van der Waals surface area contributed by atoms with Gasteiger partial charge in [-0.1, -0.05) is 55.5 Å². The maximum Gasteiger partial charge on any atom is 0.224 e. The minimum atomic E-state index is -0.00603. The molecule has 3 heteroatoms. The highest BCUT2D eigenvalue weighted by Gasteiger charge is 2.12. The molecule has 0 bridgehead atoms. The molecule has 2 aromatic carbocycles. The standard InChI is InChI=1S/C20H23NO2/c1-3-19(13-16-8-5-4-6-9-16)21-20(23)14-17-10-7-11-18(12-17)15(2)22/h4-12,19H,3,13-14H2,1-2H3,(H,21,23). The van der Waals surface area contributed by atoms with E-state index in [0.29, 0.717) is 12.0 Å². The fourth-order valence-electron chi connectivity index (χ4n) is 2.56. The first-order valence-corrected chi connectivity index (χ1v) is 8.01. The molecule has 1 atom stereocenters. The first-order chi connectivity index (χ1) is 11.1. The minimum absolute atomic E-state index is 0.00603. The Morgan fingerprint density at radius 1 is 1.00 bits per heavy atom. The van der Waals surface area contributed by atoms with E-state index in [2.05, 4.69) is 24.4 Å². The van der Waals surface area contributed by atoms with E-state index in [-0.39, 0.29) is 17.7 Å². The summed E-state index contributed by atoms with van der Waals surface area (Å²) >= 11 is 0. The lowest BCUT2D eigenvalue weighted by Crippen LogP contribution is -2.36. The average molecular weight is 309 g/mol. The Morgan fingerprint density at radius 2 is 1.70 bits per heavy atom. The van der Waals surface area contributed by atoms with Crippen LogP contribution < -0.4 is 5.32 Å². The molecule has 0 aliphatic heterocycles. The van der Waals surface area contributed by atoms with E-state index in [1.165, 1.54) is 12.5 Å². The van der Waals surface area contributed by atoms with Crippen LogP contribution in [0.3, 0.4) is 0 Å². The molecular weight excluding hydrogens is 286 g/mol. The van der Waals surface area contributed by atoms with Crippen LogP contribution in [0, 0.1) is 0 Å². The molecule has 0 saturated carbocycles. The number of ketones is 1. The summed E-state index contributed by atoms with van der Waals surface area (Å²) in [6.45, 7) is 3.61. The first kappa shape index (κ1) is 16.9. The topological polar surface area (TPSA) is 46.2 Å². The van der Waals surface area contributed by atoms with Crippen molar-refractivity contribution in [2.75, 3.05) is 0 Å². The van der Waals surface area contributed by atoms with Crippen molar-refractivity contribution in [2.24, 2.45) is 0 Å². The highest BCUT2D eigenvalue weighted by Crippen LogP contribution is 2.09. The summed E-state index contributed by atoms with van der Waals surface area (Å²) in [5.74, 6) is 0.0104. The van der Waals surface area contributed by atoms with Gasteiger partial charge in [0.2, 0.25) is 5.91 Å². The minimum Gasteiger partial charge on any atom is -0.353 e. The van der Waals surface area contributed by atoms with Gasteiger partial charge in [0.25, 0.3) is 0 Å².